The SMILES string of the molecule is Cc1ccc(-c2nnc3n2C(C)(C)N=C(N)N3)cc1. The maximum Gasteiger partial charge on any atom is 0.233 e. The zero-order valence-corrected chi connectivity index (χ0v) is 11.2. The Morgan fingerprint density at radius 3 is 2.53 bits per heavy atom. The van der Waals surface area contributed by atoms with Crippen molar-refractivity contribution in [3.8, 4) is 11.4 Å². The number of hydrogen-bond acceptors (Lipinski definition) is 5. The lowest BCUT2D eigenvalue weighted by Crippen LogP contribution is -2.38. The highest BCUT2D eigenvalue weighted by molar-refractivity contribution is 5.92. The quantitative estimate of drug-likeness (QED) is 0.813. The largest absolute Gasteiger partial charge is 0.370 e. The average molecular weight is 256 g/mol. The van der Waals surface area contributed by atoms with E-state index in [-0.39, 0.29) is 0 Å². The molecule has 98 valence electrons. The van der Waals surface area contributed by atoms with Gasteiger partial charge >= 0.3 is 0 Å². The molecule has 19 heavy (non-hydrogen) atoms. The van der Waals surface area contributed by atoms with E-state index in [9.17, 15) is 0 Å². The van der Waals surface area contributed by atoms with Gasteiger partial charge in [-0.25, -0.2) is 4.99 Å². The molecule has 1 aromatic heterocycles. The number of nitrogens with zero attached hydrogens (tertiary/aromatic N) is 4. The number of benzene rings is 1. The van der Waals surface area contributed by atoms with Gasteiger partial charge in [0.1, 0.15) is 5.66 Å². The van der Waals surface area contributed by atoms with Crippen LogP contribution in [0.2, 0.25) is 0 Å². The Morgan fingerprint density at radius 2 is 1.84 bits per heavy atom. The zero-order valence-electron chi connectivity index (χ0n) is 11.2. The summed E-state index contributed by atoms with van der Waals surface area (Å²) in [5.41, 5.74) is 7.46. The number of rotatable bonds is 1. The van der Waals surface area contributed by atoms with Crippen LogP contribution in [0.15, 0.2) is 29.3 Å². The molecule has 0 amide bonds. The molecule has 2 heterocycles. The van der Waals surface area contributed by atoms with E-state index in [0.717, 1.165) is 11.4 Å². The lowest BCUT2D eigenvalue weighted by atomic mass is 10.1. The van der Waals surface area contributed by atoms with Crippen LogP contribution < -0.4 is 11.1 Å². The predicted molar refractivity (Wildman–Crippen MR) is 74.8 cm³/mol. The third kappa shape index (κ3) is 1.85. The van der Waals surface area contributed by atoms with Gasteiger partial charge in [-0.3, -0.25) is 9.88 Å². The molecule has 1 aliphatic rings. The summed E-state index contributed by atoms with van der Waals surface area (Å²) in [4.78, 5) is 4.40. The molecule has 0 saturated heterocycles. The molecule has 6 nitrogen and oxygen atoms in total. The second kappa shape index (κ2) is 3.81. The third-order valence-corrected chi connectivity index (χ3v) is 3.15. The fourth-order valence-corrected chi connectivity index (χ4v) is 2.26. The van der Waals surface area contributed by atoms with Gasteiger partial charge in [-0.1, -0.05) is 29.8 Å². The summed E-state index contributed by atoms with van der Waals surface area (Å²) in [5, 5.41) is 11.3. The number of aryl methyl sites for hydroxylation is 1. The number of guanidine groups is 1. The zero-order chi connectivity index (χ0) is 13.6. The molecule has 0 fully saturated rings. The summed E-state index contributed by atoms with van der Waals surface area (Å²) in [6.45, 7) is 6.01. The van der Waals surface area contributed by atoms with Crippen LogP contribution in [0, 0.1) is 6.92 Å². The molecular weight excluding hydrogens is 240 g/mol. The Balaban J connectivity index is 2.16. The molecule has 0 atom stereocenters. The van der Waals surface area contributed by atoms with Crippen molar-refractivity contribution in [1.29, 1.82) is 0 Å². The molecule has 0 bridgehead atoms. The number of anilines is 1. The maximum absolute atomic E-state index is 5.75. The average Bonchev–Trinajstić information content (AvgIpc) is 2.73. The first kappa shape index (κ1) is 11.7. The van der Waals surface area contributed by atoms with Crippen LogP contribution in [-0.4, -0.2) is 20.7 Å². The molecule has 0 unspecified atom stereocenters. The first-order valence-corrected chi connectivity index (χ1v) is 6.13. The molecule has 0 radical (unpaired) electrons. The number of nitrogens with one attached hydrogen (secondary N) is 1. The van der Waals surface area contributed by atoms with Gasteiger partial charge in [-0.15, -0.1) is 10.2 Å². The van der Waals surface area contributed by atoms with Crippen molar-refractivity contribution in [3.63, 3.8) is 0 Å². The Kier molecular flexibility index (Phi) is 2.35. The van der Waals surface area contributed by atoms with Crippen molar-refractivity contribution in [2.45, 2.75) is 26.4 Å². The molecular formula is C13H16N6. The number of nitrogens with two attached hydrogens (primary N) is 1. The van der Waals surface area contributed by atoms with E-state index in [4.69, 9.17) is 5.73 Å². The summed E-state index contributed by atoms with van der Waals surface area (Å²) in [6.07, 6.45) is 0. The van der Waals surface area contributed by atoms with Crippen molar-refractivity contribution >= 4 is 11.9 Å². The van der Waals surface area contributed by atoms with E-state index < -0.39 is 5.66 Å². The standard InChI is InChI=1S/C13H16N6/c1-8-4-6-9(7-5-8)10-17-18-12-15-11(14)16-13(2,3)19(10)12/h4-7H,1-3H3,(H3,14,15,16,18). The van der Waals surface area contributed by atoms with Crippen LogP contribution in [0.25, 0.3) is 11.4 Å². The van der Waals surface area contributed by atoms with Crippen LogP contribution in [0.1, 0.15) is 19.4 Å². The van der Waals surface area contributed by atoms with E-state index in [2.05, 4.69) is 39.6 Å². The fraction of sp³-hybridized carbons (Fsp3) is 0.308. The van der Waals surface area contributed by atoms with Crippen molar-refractivity contribution < 1.29 is 0 Å². The second-order valence-corrected chi connectivity index (χ2v) is 5.17. The summed E-state index contributed by atoms with van der Waals surface area (Å²) >= 11 is 0. The van der Waals surface area contributed by atoms with E-state index in [1.807, 2.05) is 30.5 Å². The van der Waals surface area contributed by atoms with Crippen molar-refractivity contribution in [1.82, 2.24) is 14.8 Å². The van der Waals surface area contributed by atoms with E-state index >= 15 is 0 Å². The van der Waals surface area contributed by atoms with Crippen molar-refractivity contribution in [2.75, 3.05) is 5.32 Å². The van der Waals surface area contributed by atoms with Gasteiger partial charge in [0.25, 0.3) is 0 Å². The monoisotopic (exact) mass is 256 g/mol. The van der Waals surface area contributed by atoms with Gasteiger partial charge in [0, 0.05) is 5.56 Å². The van der Waals surface area contributed by atoms with Crippen LogP contribution in [0.3, 0.4) is 0 Å². The van der Waals surface area contributed by atoms with Gasteiger partial charge in [0.05, 0.1) is 0 Å². The first-order valence-electron chi connectivity index (χ1n) is 6.13. The Morgan fingerprint density at radius 1 is 1.16 bits per heavy atom. The van der Waals surface area contributed by atoms with E-state index in [1.54, 1.807) is 0 Å². The Bertz CT molecular complexity index is 650. The fourth-order valence-electron chi connectivity index (χ4n) is 2.26. The minimum Gasteiger partial charge on any atom is -0.370 e. The summed E-state index contributed by atoms with van der Waals surface area (Å²) in [5.74, 6) is 1.76. The maximum atomic E-state index is 5.75. The van der Waals surface area contributed by atoms with Crippen LogP contribution >= 0.6 is 0 Å². The second-order valence-electron chi connectivity index (χ2n) is 5.17. The van der Waals surface area contributed by atoms with E-state index in [1.165, 1.54) is 5.56 Å². The van der Waals surface area contributed by atoms with Crippen LogP contribution in [0.4, 0.5) is 5.95 Å². The smallest absolute Gasteiger partial charge is 0.233 e. The predicted octanol–water partition coefficient (Wildman–Crippen LogP) is 1.69. The molecule has 2 aromatic rings. The summed E-state index contributed by atoms with van der Waals surface area (Å²) in [7, 11) is 0. The minimum atomic E-state index is -0.506. The number of aliphatic imine (C=N–C) groups is 1. The molecule has 3 rings (SSSR count). The first-order chi connectivity index (χ1) is 8.97. The summed E-state index contributed by atoms with van der Waals surface area (Å²) < 4.78 is 1.95. The number of hydrogen-bond donors (Lipinski definition) is 2. The Labute approximate surface area is 111 Å². The third-order valence-electron chi connectivity index (χ3n) is 3.15. The lowest BCUT2D eigenvalue weighted by molar-refractivity contribution is 0.377. The van der Waals surface area contributed by atoms with Gasteiger partial charge in [-0.05, 0) is 20.8 Å². The highest BCUT2D eigenvalue weighted by atomic mass is 15.4. The molecule has 0 spiro atoms. The molecule has 1 aromatic carbocycles. The molecule has 0 aliphatic carbocycles. The normalized spacial score (nSPS) is 16.5. The van der Waals surface area contributed by atoms with E-state index in [0.29, 0.717) is 11.9 Å². The van der Waals surface area contributed by atoms with Crippen LogP contribution in [-0.2, 0) is 5.66 Å². The van der Waals surface area contributed by atoms with Gasteiger partial charge in [0.15, 0.2) is 11.8 Å². The topological polar surface area (TPSA) is 81.1 Å². The Hall–Kier alpha value is -2.37. The van der Waals surface area contributed by atoms with Gasteiger partial charge in [-0.2, -0.15) is 0 Å². The highest BCUT2D eigenvalue weighted by Crippen LogP contribution is 2.31. The molecule has 1 aliphatic heterocycles. The number of fused-ring (bicyclic) bond motifs is 1. The van der Waals surface area contributed by atoms with Crippen molar-refractivity contribution in [3.05, 3.63) is 29.8 Å². The molecule has 0 saturated carbocycles. The number of aromatic nitrogens is 3. The molecule has 3 N–H and O–H groups in total. The van der Waals surface area contributed by atoms with Crippen molar-refractivity contribution in [2.24, 2.45) is 10.7 Å². The van der Waals surface area contributed by atoms with Gasteiger partial charge in [0.2, 0.25) is 5.95 Å². The molecule has 6 heteroatoms. The van der Waals surface area contributed by atoms with Gasteiger partial charge < -0.3 is 5.73 Å². The highest BCUT2D eigenvalue weighted by Gasteiger charge is 2.31. The lowest BCUT2D eigenvalue weighted by Gasteiger charge is -2.29. The minimum absolute atomic E-state index is 0.361. The summed E-state index contributed by atoms with van der Waals surface area (Å²) in [6, 6.07) is 8.17. The van der Waals surface area contributed by atoms with Crippen LogP contribution in [0.5, 0.6) is 0 Å².